The maximum absolute atomic E-state index is 11.2. The summed E-state index contributed by atoms with van der Waals surface area (Å²) in [5.74, 6) is 0. The zero-order valence-corrected chi connectivity index (χ0v) is 9.16. The van der Waals surface area contributed by atoms with Gasteiger partial charge >= 0.3 is 84.3 Å². The molecule has 0 aliphatic heterocycles. The Morgan fingerprint density at radius 2 is 1.92 bits per heavy atom. The van der Waals surface area contributed by atoms with Crippen molar-refractivity contribution in [3.8, 4) is 0 Å². The van der Waals surface area contributed by atoms with E-state index in [1.807, 2.05) is 0 Å². The van der Waals surface area contributed by atoms with E-state index in [-0.39, 0.29) is 10.6 Å². The predicted octanol–water partition coefficient (Wildman–Crippen LogP) is 0.317. The third-order valence-electron chi connectivity index (χ3n) is 1.31. The number of nitrogens with two attached hydrogens (primary N) is 1. The molecule has 0 amide bonds. The van der Waals surface area contributed by atoms with Gasteiger partial charge in [-0.2, -0.15) is 0 Å². The van der Waals surface area contributed by atoms with Crippen LogP contribution in [0.4, 0.5) is 5.69 Å². The maximum atomic E-state index is 11.2. The molecule has 1 aromatic carbocycles. The molecular weight excluding hydrogens is 278 g/mol. The second-order valence-electron chi connectivity index (χ2n) is 2.13. The Morgan fingerprint density at radius 3 is 2.46 bits per heavy atom. The second kappa shape index (κ2) is 4.08. The van der Waals surface area contributed by atoms with Crippen LogP contribution in [0.1, 0.15) is 0 Å². The summed E-state index contributed by atoms with van der Waals surface area (Å²) in [4.78, 5) is -0.143. The Hall–Kier alpha value is -0.582. The van der Waals surface area contributed by atoms with Crippen LogP contribution in [-0.4, -0.2) is 8.42 Å². The fraction of sp³-hybridized carbons (Fsp3) is 0. The van der Waals surface area contributed by atoms with Gasteiger partial charge in [-0.3, -0.25) is 0 Å². The van der Waals surface area contributed by atoms with E-state index in [1.54, 1.807) is 6.07 Å². The second-order valence-corrected chi connectivity index (χ2v) is 4.95. The predicted molar refractivity (Wildman–Crippen MR) is 39.8 cm³/mol. The van der Waals surface area contributed by atoms with Gasteiger partial charge < -0.3 is 0 Å². The Bertz CT molecular complexity index is 416. The van der Waals surface area contributed by atoms with Crippen molar-refractivity contribution >= 4 is 15.8 Å². The average Bonchev–Trinajstić information content (AvgIpc) is 2.04. The topological polar surface area (TPSA) is 86.5 Å². The number of para-hydroxylation sites is 1. The van der Waals surface area contributed by atoms with Gasteiger partial charge in [0, 0.05) is 0 Å². The minimum absolute atomic E-state index is 0.0865. The van der Waals surface area contributed by atoms with Gasteiger partial charge in [-0.15, -0.1) is 0 Å². The number of nitrogen functional groups attached to an aromatic ring is 1. The van der Waals surface area contributed by atoms with Gasteiger partial charge in [-0.1, -0.05) is 0 Å². The van der Waals surface area contributed by atoms with Crippen molar-refractivity contribution in [3.63, 3.8) is 0 Å². The van der Waals surface area contributed by atoms with E-state index >= 15 is 0 Å². The van der Waals surface area contributed by atoms with E-state index in [0.29, 0.717) is 0 Å². The summed E-state index contributed by atoms with van der Waals surface area (Å²) in [6.45, 7) is 0. The summed E-state index contributed by atoms with van der Waals surface area (Å²) < 4.78 is 36.6. The first kappa shape index (κ1) is 10.5. The van der Waals surface area contributed by atoms with Crippen molar-refractivity contribution in [2.24, 2.45) is 0 Å². The van der Waals surface area contributed by atoms with Crippen molar-refractivity contribution in [2.75, 3.05) is 5.73 Å². The molecule has 0 atom stereocenters. The summed E-state index contributed by atoms with van der Waals surface area (Å²) in [5.41, 5.74) is 5.48. The van der Waals surface area contributed by atoms with E-state index in [9.17, 15) is 11.8 Å². The molecule has 1 aromatic rings. The molecule has 0 aromatic heterocycles. The van der Waals surface area contributed by atoms with Gasteiger partial charge in [0.15, 0.2) is 0 Å². The van der Waals surface area contributed by atoms with Crippen molar-refractivity contribution in [2.45, 2.75) is 4.90 Å². The van der Waals surface area contributed by atoms with E-state index in [1.165, 1.54) is 18.2 Å². The number of rotatable bonds is 3. The van der Waals surface area contributed by atoms with Crippen LogP contribution < -0.4 is 5.73 Å². The fourth-order valence-corrected chi connectivity index (χ4v) is 2.61. The molecule has 0 radical (unpaired) electrons. The van der Waals surface area contributed by atoms with Gasteiger partial charge in [-0.25, -0.2) is 0 Å². The molecular formula is C6H6MoNO4S. The SMILES string of the molecule is Nc1ccccc1S(=O)(=O)[O][Mo]=[O]. The zero-order chi connectivity index (χ0) is 9.90. The number of hydrogen-bond acceptors (Lipinski definition) is 5. The van der Waals surface area contributed by atoms with Crippen molar-refractivity contribution in [1.82, 2.24) is 0 Å². The first-order valence-corrected chi connectivity index (χ1v) is 6.20. The fourth-order valence-electron chi connectivity index (χ4n) is 0.781. The number of hydrogen-bond donors (Lipinski definition) is 1. The van der Waals surface area contributed by atoms with Crippen LogP contribution in [0, 0.1) is 0 Å². The van der Waals surface area contributed by atoms with Crippen molar-refractivity contribution in [3.05, 3.63) is 24.3 Å². The Kier molecular flexibility index (Phi) is 3.30. The van der Waals surface area contributed by atoms with Gasteiger partial charge in [0.25, 0.3) is 0 Å². The van der Waals surface area contributed by atoms with Crippen LogP contribution in [0.15, 0.2) is 29.2 Å². The molecule has 7 heteroatoms. The molecule has 0 unspecified atom stereocenters. The molecule has 0 saturated heterocycles. The van der Waals surface area contributed by atoms with E-state index in [0.717, 1.165) is 0 Å². The standard InChI is InChI=1S/C6H7NO3S.Mo.O/c7-5-3-1-2-4-6(5)11(8,9)10;;/h1-4H,7H2,(H,8,9,10);;/q;+1;/p-1. The molecule has 0 aliphatic carbocycles. The van der Waals surface area contributed by atoms with Gasteiger partial charge in [0.1, 0.15) is 0 Å². The van der Waals surface area contributed by atoms with Gasteiger partial charge in [0.05, 0.1) is 0 Å². The molecule has 5 nitrogen and oxygen atoms in total. The van der Waals surface area contributed by atoms with Crippen LogP contribution in [-0.2, 0) is 35.3 Å². The van der Waals surface area contributed by atoms with Crippen molar-refractivity contribution < 1.29 is 33.6 Å². The Labute approximate surface area is 84.3 Å². The summed E-state index contributed by atoms with van der Waals surface area (Å²) in [5, 5.41) is 0. The monoisotopic (exact) mass is 286 g/mol. The van der Waals surface area contributed by atoms with Crippen LogP contribution in [0.5, 0.6) is 0 Å². The molecule has 0 bridgehead atoms. The third-order valence-corrected chi connectivity index (χ3v) is 4.18. The normalized spacial score (nSPS) is 11.1. The van der Waals surface area contributed by atoms with E-state index < -0.39 is 29.0 Å². The summed E-state index contributed by atoms with van der Waals surface area (Å²) in [6.07, 6.45) is 0. The van der Waals surface area contributed by atoms with Crippen LogP contribution in [0.3, 0.4) is 0 Å². The molecule has 13 heavy (non-hydrogen) atoms. The molecule has 1 rings (SSSR count). The first-order valence-electron chi connectivity index (χ1n) is 3.15. The van der Waals surface area contributed by atoms with Crippen molar-refractivity contribution in [1.29, 1.82) is 0 Å². The van der Waals surface area contributed by atoms with E-state index in [4.69, 9.17) is 5.73 Å². The molecule has 0 aliphatic rings. The quantitative estimate of drug-likeness (QED) is 0.638. The minimum atomic E-state index is -3.92. The van der Waals surface area contributed by atoms with Gasteiger partial charge in [-0.05, 0) is 0 Å². The third kappa shape index (κ3) is 2.43. The molecule has 0 spiro atoms. The first-order chi connectivity index (χ1) is 6.08. The van der Waals surface area contributed by atoms with Crippen LogP contribution >= 0.6 is 0 Å². The summed E-state index contributed by atoms with van der Waals surface area (Å²) in [6, 6.07) is 5.84. The van der Waals surface area contributed by atoms with Crippen LogP contribution in [0.25, 0.3) is 0 Å². The molecule has 0 saturated carbocycles. The number of anilines is 1. The van der Waals surface area contributed by atoms with Crippen LogP contribution in [0.2, 0.25) is 0 Å². The molecule has 0 fully saturated rings. The molecule has 0 heterocycles. The summed E-state index contributed by atoms with van der Waals surface area (Å²) in [7, 11) is -3.92. The summed E-state index contributed by atoms with van der Waals surface area (Å²) >= 11 is -2.17. The number of benzene rings is 1. The average molecular weight is 284 g/mol. The Morgan fingerprint density at radius 1 is 1.31 bits per heavy atom. The molecule has 71 valence electrons. The van der Waals surface area contributed by atoms with E-state index in [2.05, 4.69) is 2.84 Å². The van der Waals surface area contributed by atoms with Gasteiger partial charge in [0.2, 0.25) is 0 Å². The Balaban J connectivity index is 3.22. The molecule has 2 N–H and O–H groups in total. The zero-order valence-electron chi connectivity index (χ0n) is 6.34.